The van der Waals surface area contributed by atoms with E-state index in [1.807, 2.05) is 49.9 Å². The molecular formula is C42H54N8O4. The Balaban J connectivity index is 1.11. The lowest BCUT2D eigenvalue weighted by Crippen LogP contribution is -2.51. The van der Waals surface area contributed by atoms with Gasteiger partial charge in [-0.25, -0.2) is 9.97 Å². The van der Waals surface area contributed by atoms with E-state index in [2.05, 4.69) is 69.1 Å². The van der Waals surface area contributed by atoms with Gasteiger partial charge < -0.3 is 30.4 Å². The molecule has 0 spiro atoms. The molecule has 1 unspecified atom stereocenters. The van der Waals surface area contributed by atoms with E-state index in [9.17, 15) is 19.2 Å². The molecule has 4 heterocycles. The van der Waals surface area contributed by atoms with Gasteiger partial charge in [0.05, 0.1) is 35.9 Å². The first-order chi connectivity index (χ1) is 26.0. The summed E-state index contributed by atoms with van der Waals surface area (Å²) in [6, 6.07) is 15.2. The summed E-state index contributed by atoms with van der Waals surface area (Å²) in [6.45, 7) is 12.7. The molecule has 2 aromatic carbocycles. The number of amides is 4. The van der Waals surface area contributed by atoms with Crippen molar-refractivity contribution in [1.29, 1.82) is 0 Å². The maximum absolute atomic E-state index is 13.6. The van der Waals surface area contributed by atoms with E-state index in [4.69, 9.17) is 9.97 Å². The molecule has 2 aromatic heterocycles. The molecule has 0 aliphatic carbocycles. The molecule has 0 bridgehead atoms. The molecule has 0 radical (unpaired) electrons. The summed E-state index contributed by atoms with van der Waals surface area (Å²) in [5.41, 5.74) is 5.91. The molecule has 12 heteroatoms. The second kappa shape index (κ2) is 16.8. The number of carbonyl (C=O) groups excluding carboxylic acids is 4. The zero-order valence-electron chi connectivity index (χ0n) is 32.3. The molecular weight excluding hydrogens is 681 g/mol. The monoisotopic (exact) mass is 734 g/mol. The average molecular weight is 735 g/mol. The van der Waals surface area contributed by atoms with Crippen LogP contribution in [0.5, 0.6) is 0 Å². The van der Waals surface area contributed by atoms with Crippen molar-refractivity contribution in [3.05, 3.63) is 72.6 Å². The van der Waals surface area contributed by atoms with Crippen LogP contribution >= 0.6 is 0 Å². The third kappa shape index (κ3) is 8.27. The number of aromatic nitrogens is 4. The number of rotatable bonds is 13. The predicted molar refractivity (Wildman–Crippen MR) is 209 cm³/mol. The quantitative estimate of drug-likeness (QED) is 0.122. The standard InChI is InChI=1S/C42H54N8O4/c1-7-35(51)47-37(25(3)4)41(53)49-21-9-11-33(49)39-43-23-31(45-39)29-17-13-27(14-18-29)28-15-19-30(20-16-28)32-24-44-40(46-32)34-12-10-22-50(34)42(54)38(26(5)6)48-36(52)8-2/h13-20,23-26,33-34,37-38H,7-12,21-22H2,1-6H3,(H,43,45)(H,44,46)(H,47,51)(H,48,52)/t33-,34?,37-,38-/m0/s1. The van der Waals surface area contributed by atoms with Crippen LogP contribution in [0.3, 0.4) is 0 Å². The minimum Gasteiger partial charge on any atom is -0.344 e. The third-order valence-electron chi connectivity index (χ3n) is 10.8. The molecule has 286 valence electrons. The van der Waals surface area contributed by atoms with Crippen molar-refractivity contribution in [2.45, 2.75) is 104 Å². The fraction of sp³-hybridized carbons (Fsp3) is 0.476. The van der Waals surface area contributed by atoms with Crippen molar-refractivity contribution >= 4 is 23.6 Å². The van der Waals surface area contributed by atoms with Gasteiger partial charge in [0.25, 0.3) is 0 Å². The first kappa shape index (κ1) is 38.5. The van der Waals surface area contributed by atoms with Crippen LogP contribution in [0.25, 0.3) is 33.6 Å². The van der Waals surface area contributed by atoms with Crippen molar-refractivity contribution in [2.75, 3.05) is 13.1 Å². The molecule has 2 saturated heterocycles. The summed E-state index contributed by atoms with van der Waals surface area (Å²) in [4.78, 5) is 71.5. The smallest absolute Gasteiger partial charge is 0.246 e. The summed E-state index contributed by atoms with van der Waals surface area (Å²) in [7, 11) is 0. The van der Waals surface area contributed by atoms with Crippen molar-refractivity contribution in [2.24, 2.45) is 11.8 Å². The normalized spacial score (nSPS) is 18.3. The van der Waals surface area contributed by atoms with E-state index in [-0.39, 0.29) is 47.5 Å². The number of hydrogen-bond donors (Lipinski definition) is 4. The Morgan fingerprint density at radius 1 is 0.630 bits per heavy atom. The van der Waals surface area contributed by atoms with Gasteiger partial charge in [-0.2, -0.15) is 0 Å². The highest BCUT2D eigenvalue weighted by Crippen LogP contribution is 2.35. The van der Waals surface area contributed by atoms with E-state index < -0.39 is 12.1 Å². The molecule has 54 heavy (non-hydrogen) atoms. The largest absolute Gasteiger partial charge is 0.344 e. The molecule has 0 saturated carbocycles. The Labute approximate surface area is 317 Å². The van der Waals surface area contributed by atoms with Crippen LogP contribution in [0.4, 0.5) is 0 Å². The number of benzene rings is 2. The lowest BCUT2D eigenvalue weighted by Gasteiger charge is -2.30. The van der Waals surface area contributed by atoms with Gasteiger partial charge in [-0.1, -0.05) is 90.1 Å². The number of nitrogens with one attached hydrogen (secondary N) is 4. The van der Waals surface area contributed by atoms with Gasteiger partial charge in [0, 0.05) is 25.9 Å². The summed E-state index contributed by atoms with van der Waals surface area (Å²) >= 11 is 0. The van der Waals surface area contributed by atoms with Gasteiger partial charge in [0.1, 0.15) is 23.7 Å². The van der Waals surface area contributed by atoms with Crippen LogP contribution in [0.1, 0.15) is 104 Å². The van der Waals surface area contributed by atoms with Crippen LogP contribution in [-0.4, -0.2) is 78.5 Å². The molecule has 2 aliphatic heterocycles. The number of aromatic amines is 2. The highest BCUT2D eigenvalue weighted by molar-refractivity contribution is 5.89. The molecule has 4 N–H and O–H groups in total. The van der Waals surface area contributed by atoms with Crippen molar-refractivity contribution < 1.29 is 19.2 Å². The fourth-order valence-corrected chi connectivity index (χ4v) is 7.55. The second-order valence-electron chi connectivity index (χ2n) is 15.2. The number of nitrogens with zero attached hydrogens (tertiary/aromatic N) is 4. The highest BCUT2D eigenvalue weighted by Gasteiger charge is 2.38. The van der Waals surface area contributed by atoms with E-state index in [0.29, 0.717) is 25.9 Å². The Bertz CT molecular complexity index is 1790. The van der Waals surface area contributed by atoms with Crippen LogP contribution in [0.15, 0.2) is 60.9 Å². The highest BCUT2D eigenvalue weighted by atomic mass is 16.2. The van der Waals surface area contributed by atoms with Crippen molar-refractivity contribution in [3.8, 4) is 33.6 Å². The molecule has 2 fully saturated rings. The number of H-pyrrole nitrogens is 2. The van der Waals surface area contributed by atoms with Crippen LogP contribution in [0.2, 0.25) is 0 Å². The Hall–Kier alpha value is -5.26. The SMILES string of the molecule is CCC(=O)N[C@H](C(=O)N1CCCC1c1ncc(-c2ccc(-c3ccc(-c4cnc([C@@H]5CCCN5C(=O)[C@@H](NC(=O)CC)C(C)C)[nH]4)cc3)cc2)[nH]1)C(C)C. The van der Waals surface area contributed by atoms with E-state index >= 15 is 0 Å². The first-order valence-corrected chi connectivity index (χ1v) is 19.5. The Morgan fingerprint density at radius 2 is 0.981 bits per heavy atom. The molecule has 6 rings (SSSR count). The summed E-state index contributed by atoms with van der Waals surface area (Å²) in [5.74, 6) is 1.12. The zero-order chi connectivity index (χ0) is 38.5. The minimum absolute atomic E-state index is 0.0212. The predicted octanol–water partition coefficient (Wildman–Crippen LogP) is 6.56. The Kier molecular flexibility index (Phi) is 12.0. The number of carbonyl (C=O) groups is 4. The molecule has 2 aliphatic rings. The Morgan fingerprint density at radius 3 is 1.31 bits per heavy atom. The van der Waals surface area contributed by atoms with Crippen LogP contribution in [-0.2, 0) is 19.2 Å². The third-order valence-corrected chi connectivity index (χ3v) is 10.8. The zero-order valence-corrected chi connectivity index (χ0v) is 32.3. The van der Waals surface area contributed by atoms with Crippen molar-refractivity contribution in [1.82, 2.24) is 40.4 Å². The first-order valence-electron chi connectivity index (χ1n) is 19.5. The van der Waals surface area contributed by atoms with Gasteiger partial charge in [-0.05, 0) is 59.8 Å². The molecule has 4 aromatic rings. The van der Waals surface area contributed by atoms with Gasteiger partial charge in [0.2, 0.25) is 23.6 Å². The molecule has 4 amide bonds. The topological polar surface area (TPSA) is 156 Å². The fourth-order valence-electron chi connectivity index (χ4n) is 7.55. The van der Waals surface area contributed by atoms with E-state index in [1.165, 1.54) is 0 Å². The van der Waals surface area contributed by atoms with Gasteiger partial charge in [-0.15, -0.1) is 0 Å². The van der Waals surface area contributed by atoms with Gasteiger partial charge in [-0.3, -0.25) is 19.2 Å². The van der Waals surface area contributed by atoms with E-state index in [1.54, 1.807) is 13.8 Å². The average Bonchev–Trinajstić information content (AvgIpc) is 4.02. The van der Waals surface area contributed by atoms with Crippen LogP contribution < -0.4 is 10.6 Å². The summed E-state index contributed by atoms with van der Waals surface area (Å²) < 4.78 is 0. The van der Waals surface area contributed by atoms with Crippen molar-refractivity contribution in [3.63, 3.8) is 0 Å². The molecule has 12 nitrogen and oxygen atoms in total. The lowest BCUT2D eigenvalue weighted by atomic mass is 10.0. The second-order valence-corrected chi connectivity index (χ2v) is 15.2. The molecule has 4 atom stereocenters. The van der Waals surface area contributed by atoms with Crippen LogP contribution in [0, 0.1) is 11.8 Å². The van der Waals surface area contributed by atoms with E-state index in [0.717, 1.165) is 71.0 Å². The summed E-state index contributed by atoms with van der Waals surface area (Å²) in [6.07, 6.45) is 7.73. The number of imidazole rings is 2. The number of likely N-dealkylation sites (tertiary alicyclic amines) is 2. The van der Waals surface area contributed by atoms with Gasteiger partial charge in [0.15, 0.2) is 0 Å². The maximum atomic E-state index is 13.6. The minimum atomic E-state index is -0.559. The lowest BCUT2D eigenvalue weighted by molar-refractivity contribution is -0.138. The summed E-state index contributed by atoms with van der Waals surface area (Å²) in [5, 5.41) is 5.83. The van der Waals surface area contributed by atoms with Gasteiger partial charge >= 0.3 is 0 Å². The number of hydrogen-bond acceptors (Lipinski definition) is 6. The maximum Gasteiger partial charge on any atom is 0.246 e.